The van der Waals surface area contributed by atoms with E-state index in [1.54, 1.807) is 0 Å². The summed E-state index contributed by atoms with van der Waals surface area (Å²) in [6.45, 7) is 11.9. The summed E-state index contributed by atoms with van der Waals surface area (Å²) in [5.74, 6) is 1.46. The summed E-state index contributed by atoms with van der Waals surface area (Å²) in [5, 5.41) is 3.49. The van der Waals surface area contributed by atoms with Crippen LogP contribution in [-0.4, -0.2) is 32.5 Å². The number of sulfone groups is 1. The van der Waals surface area contributed by atoms with Crippen LogP contribution >= 0.6 is 0 Å². The van der Waals surface area contributed by atoms with Gasteiger partial charge in [-0.25, -0.2) is 8.42 Å². The van der Waals surface area contributed by atoms with E-state index in [1.165, 1.54) is 6.26 Å². The Kier molecular flexibility index (Phi) is 6.70. The van der Waals surface area contributed by atoms with Gasteiger partial charge < -0.3 is 5.32 Å². The molecule has 0 aromatic carbocycles. The number of rotatable bonds is 7. The van der Waals surface area contributed by atoms with E-state index in [2.05, 4.69) is 39.9 Å². The van der Waals surface area contributed by atoms with E-state index < -0.39 is 9.84 Å². The van der Waals surface area contributed by atoms with Gasteiger partial charge in [-0.05, 0) is 52.0 Å². The van der Waals surface area contributed by atoms with Gasteiger partial charge in [0.05, 0.1) is 0 Å². The van der Waals surface area contributed by atoms with E-state index in [1.807, 2.05) is 0 Å². The van der Waals surface area contributed by atoms with Gasteiger partial charge in [-0.2, -0.15) is 0 Å². The van der Waals surface area contributed by atoms with Crippen LogP contribution in [0.4, 0.5) is 0 Å². The Morgan fingerprint density at radius 3 is 2.06 bits per heavy atom. The molecule has 1 N–H and O–H groups in total. The summed E-state index contributed by atoms with van der Waals surface area (Å²) in [6.07, 6.45) is 3.07. The summed E-state index contributed by atoms with van der Waals surface area (Å²) in [5.41, 5.74) is 0.154. The Bertz CT molecular complexity index is 304. The third-order valence-electron chi connectivity index (χ3n) is 3.10. The number of hydrogen-bond acceptors (Lipinski definition) is 3. The molecule has 0 bridgehead atoms. The van der Waals surface area contributed by atoms with Crippen LogP contribution in [0.2, 0.25) is 0 Å². The van der Waals surface area contributed by atoms with E-state index in [0.29, 0.717) is 17.6 Å². The van der Waals surface area contributed by atoms with Gasteiger partial charge in [-0.15, -0.1) is 0 Å². The minimum atomic E-state index is -2.80. The standard InChI is InChI=1S/C13H29NO2S/c1-11(8-7-9-17(6,15)16)12(2)10-14-13(3,4)5/h11-12,14H,7-10H2,1-6H3. The van der Waals surface area contributed by atoms with E-state index >= 15 is 0 Å². The van der Waals surface area contributed by atoms with Gasteiger partial charge in [0.25, 0.3) is 0 Å². The molecule has 3 nitrogen and oxygen atoms in total. The summed E-state index contributed by atoms with van der Waals surface area (Å²) < 4.78 is 22.1. The molecule has 2 unspecified atom stereocenters. The molecule has 0 aliphatic heterocycles. The molecule has 0 spiro atoms. The Labute approximate surface area is 107 Å². The quantitative estimate of drug-likeness (QED) is 0.767. The summed E-state index contributed by atoms with van der Waals surface area (Å²) in [4.78, 5) is 0. The smallest absolute Gasteiger partial charge is 0.147 e. The fourth-order valence-corrected chi connectivity index (χ4v) is 2.31. The van der Waals surface area contributed by atoms with Crippen molar-refractivity contribution in [2.24, 2.45) is 11.8 Å². The van der Waals surface area contributed by atoms with E-state index in [-0.39, 0.29) is 5.54 Å². The van der Waals surface area contributed by atoms with Crippen molar-refractivity contribution in [2.45, 2.75) is 53.0 Å². The Balaban J connectivity index is 3.86. The Hall–Kier alpha value is -0.0900. The predicted molar refractivity (Wildman–Crippen MR) is 75.0 cm³/mol. The van der Waals surface area contributed by atoms with E-state index in [4.69, 9.17) is 0 Å². The zero-order valence-electron chi connectivity index (χ0n) is 12.2. The first-order valence-electron chi connectivity index (χ1n) is 6.44. The van der Waals surface area contributed by atoms with Crippen LogP contribution in [0.25, 0.3) is 0 Å². The fourth-order valence-electron chi connectivity index (χ4n) is 1.62. The van der Waals surface area contributed by atoms with Crippen molar-refractivity contribution in [2.75, 3.05) is 18.6 Å². The summed E-state index contributed by atoms with van der Waals surface area (Å²) in [7, 11) is -2.80. The Morgan fingerprint density at radius 1 is 1.12 bits per heavy atom. The van der Waals surface area contributed by atoms with Crippen molar-refractivity contribution in [3.05, 3.63) is 0 Å². The molecule has 0 saturated carbocycles. The molecule has 4 heteroatoms. The molecule has 0 fully saturated rings. The molecular weight excluding hydrogens is 234 g/mol. The van der Waals surface area contributed by atoms with Crippen molar-refractivity contribution in [3.63, 3.8) is 0 Å². The van der Waals surface area contributed by atoms with Gasteiger partial charge in [0.15, 0.2) is 0 Å². The molecule has 0 aromatic heterocycles. The highest BCUT2D eigenvalue weighted by Gasteiger charge is 2.16. The highest BCUT2D eigenvalue weighted by Crippen LogP contribution is 2.17. The highest BCUT2D eigenvalue weighted by molar-refractivity contribution is 7.90. The van der Waals surface area contributed by atoms with Gasteiger partial charge in [0, 0.05) is 17.5 Å². The normalized spacial score (nSPS) is 16.8. The monoisotopic (exact) mass is 263 g/mol. The predicted octanol–water partition coefficient (Wildman–Crippen LogP) is 2.47. The second-order valence-electron chi connectivity index (χ2n) is 6.36. The SMILES string of the molecule is CC(CCCS(C)(=O)=O)C(C)CNC(C)(C)C. The van der Waals surface area contributed by atoms with Gasteiger partial charge in [0.1, 0.15) is 9.84 Å². The lowest BCUT2D eigenvalue weighted by Crippen LogP contribution is -2.39. The minimum Gasteiger partial charge on any atom is -0.312 e. The molecule has 17 heavy (non-hydrogen) atoms. The molecular formula is C13H29NO2S. The number of nitrogens with one attached hydrogen (secondary N) is 1. The van der Waals surface area contributed by atoms with Crippen molar-refractivity contribution in [3.8, 4) is 0 Å². The van der Waals surface area contributed by atoms with Crippen molar-refractivity contribution >= 4 is 9.84 Å². The molecule has 104 valence electrons. The summed E-state index contributed by atoms with van der Waals surface area (Å²) >= 11 is 0. The average Bonchev–Trinajstić information content (AvgIpc) is 2.10. The Morgan fingerprint density at radius 2 is 1.65 bits per heavy atom. The van der Waals surface area contributed by atoms with Crippen LogP contribution in [0.1, 0.15) is 47.5 Å². The highest BCUT2D eigenvalue weighted by atomic mass is 32.2. The third kappa shape index (κ3) is 10.8. The van der Waals surface area contributed by atoms with Crippen LogP contribution in [0.15, 0.2) is 0 Å². The van der Waals surface area contributed by atoms with Gasteiger partial charge >= 0.3 is 0 Å². The molecule has 0 heterocycles. The van der Waals surface area contributed by atoms with Crippen LogP contribution in [0.5, 0.6) is 0 Å². The van der Waals surface area contributed by atoms with Crippen LogP contribution in [0.3, 0.4) is 0 Å². The molecule has 2 atom stereocenters. The minimum absolute atomic E-state index is 0.154. The third-order valence-corrected chi connectivity index (χ3v) is 4.13. The van der Waals surface area contributed by atoms with Gasteiger partial charge in [0.2, 0.25) is 0 Å². The van der Waals surface area contributed by atoms with Crippen molar-refractivity contribution < 1.29 is 8.42 Å². The topological polar surface area (TPSA) is 46.2 Å². The molecule has 0 rings (SSSR count). The molecule has 0 amide bonds. The molecule has 0 aliphatic rings. The fraction of sp³-hybridized carbons (Fsp3) is 1.00. The lowest BCUT2D eigenvalue weighted by atomic mass is 9.91. The van der Waals surface area contributed by atoms with Gasteiger partial charge in [-0.3, -0.25) is 0 Å². The lowest BCUT2D eigenvalue weighted by molar-refractivity contribution is 0.306. The van der Waals surface area contributed by atoms with Gasteiger partial charge in [-0.1, -0.05) is 13.8 Å². The first-order valence-corrected chi connectivity index (χ1v) is 8.50. The van der Waals surface area contributed by atoms with E-state index in [0.717, 1.165) is 19.4 Å². The van der Waals surface area contributed by atoms with Crippen LogP contribution < -0.4 is 5.32 Å². The molecule has 0 aliphatic carbocycles. The maximum absolute atomic E-state index is 11.0. The van der Waals surface area contributed by atoms with Crippen LogP contribution in [0, 0.1) is 11.8 Å². The first kappa shape index (κ1) is 16.9. The zero-order chi connectivity index (χ0) is 13.7. The second-order valence-corrected chi connectivity index (χ2v) is 8.62. The van der Waals surface area contributed by atoms with E-state index in [9.17, 15) is 8.42 Å². The van der Waals surface area contributed by atoms with Crippen LogP contribution in [-0.2, 0) is 9.84 Å². The second kappa shape index (κ2) is 6.74. The molecule has 0 radical (unpaired) electrons. The van der Waals surface area contributed by atoms with Crippen molar-refractivity contribution in [1.82, 2.24) is 5.32 Å². The average molecular weight is 263 g/mol. The number of hydrogen-bond donors (Lipinski definition) is 1. The lowest BCUT2D eigenvalue weighted by Gasteiger charge is -2.26. The summed E-state index contributed by atoms with van der Waals surface area (Å²) in [6, 6.07) is 0. The maximum atomic E-state index is 11.0. The molecule has 0 saturated heterocycles. The zero-order valence-corrected chi connectivity index (χ0v) is 13.0. The first-order chi connectivity index (χ1) is 7.51. The van der Waals surface area contributed by atoms with Crippen molar-refractivity contribution in [1.29, 1.82) is 0 Å². The maximum Gasteiger partial charge on any atom is 0.147 e. The molecule has 0 aromatic rings. The largest absolute Gasteiger partial charge is 0.312 e.